The minimum Gasteiger partial charge on any atom is -0.271 e. The van der Waals surface area contributed by atoms with E-state index >= 15 is 0 Å². The van der Waals surface area contributed by atoms with Crippen LogP contribution >= 0.6 is 15.9 Å². The molecule has 1 saturated heterocycles. The Morgan fingerprint density at radius 3 is 2.93 bits per heavy atom. The molecule has 1 aliphatic heterocycles. The molecule has 0 radical (unpaired) electrons. The number of aromatic nitrogens is 3. The number of carbonyl (C=O) groups excluding carboxylic acids is 1. The van der Waals surface area contributed by atoms with Crippen LogP contribution in [0.3, 0.4) is 0 Å². The molecule has 0 bridgehead atoms. The fraction of sp³-hybridized carbons (Fsp3) is 0.571. The van der Waals surface area contributed by atoms with Crippen LogP contribution in [0.5, 0.6) is 0 Å². The van der Waals surface area contributed by atoms with Crippen LogP contribution < -0.4 is 0 Å². The lowest BCUT2D eigenvalue weighted by Gasteiger charge is -2.13. The predicted octanol–water partition coefficient (Wildman–Crippen LogP) is 0.355. The Hall–Kier alpha value is -0.950. The lowest BCUT2D eigenvalue weighted by atomic mass is 10.4. The first-order valence-corrected chi connectivity index (χ1v) is 4.99. The van der Waals surface area contributed by atoms with Gasteiger partial charge in [0.1, 0.15) is 0 Å². The first-order valence-electron chi connectivity index (χ1n) is 4.20. The summed E-state index contributed by atoms with van der Waals surface area (Å²) < 4.78 is 1.87. The molecule has 0 saturated carbocycles. The standard InChI is InChI=1S/C7H9BrN4O2/c1-11-5(6(8)9-10-11)7(13)12-3-2-4-14-12/h2-4H2,1H3. The largest absolute Gasteiger partial charge is 0.298 e. The molecule has 1 amide bonds. The van der Waals surface area contributed by atoms with Crippen molar-refractivity contribution in [2.45, 2.75) is 6.42 Å². The molecule has 7 heteroatoms. The number of halogens is 1. The highest BCUT2D eigenvalue weighted by molar-refractivity contribution is 9.10. The van der Waals surface area contributed by atoms with Crippen molar-refractivity contribution >= 4 is 21.8 Å². The number of hydrogen-bond acceptors (Lipinski definition) is 4. The Balaban J connectivity index is 2.25. The molecule has 1 aromatic rings. The van der Waals surface area contributed by atoms with E-state index in [4.69, 9.17) is 4.84 Å². The highest BCUT2D eigenvalue weighted by atomic mass is 79.9. The number of carbonyl (C=O) groups is 1. The molecule has 0 unspecified atom stereocenters. The van der Waals surface area contributed by atoms with Crippen molar-refractivity contribution in [1.29, 1.82) is 0 Å². The summed E-state index contributed by atoms with van der Waals surface area (Å²) in [7, 11) is 1.67. The third-order valence-electron chi connectivity index (χ3n) is 1.97. The Bertz CT molecular complexity index is 339. The summed E-state index contributed by atoms with van der Waals surface area (Å²) in [4.78, 5) is 17.0. The normalized spacial score (nSPS) is 16.3. The van der Waals surface area contributed by atoms with Gasteiger partial charge < -0.3 is 0 Å². The number of hydrogen-bond donors (Lipinski definition) is 0. The summed E-state index contributed by atoms with van der Waals surface area (Å²) in [6.45, 7) is 1.21. The number of amides is 1. The smallest absolute Gasteiger partial charge is 0.271 e. The Kier molecular flexibility index (Phi) is 2.51. The summed E-state index contributed by atoms with van der Waals surface area (Å²) in [6, 6.07) is 0. The van der Waals surface area contributed by atoms with Crippen molar-refractivity contribution in [2.75, 3.05) is 13.2 Å². The van der Waals surface area contributed by atoms with Crippen LogP contribution in [0, 0.1) is 0 Å². The first-order chi connectivity index (χ1) is 6.70. The van der Waals surface area contributed by atoms with E-state index in [0.717, 1.165) is 6.42 Å². The van der Waals surface area contributed by atoms with Crippen molar-refractivity contribution in [1.82, 2.24) is 20.1 Å². The number of aryl methyl sites for hydroxylation is 1. The molecule has 6 nitrogen and oxygen atoms in total. The van der Waals surface area contributed by atoms with E-state index in [-0.39, 0.29) is 5.91 Å². The molecular formula is C7H9BrN4O2. The molecule has 76 valence electrons. The van der Waals surface area contributed by atoms with E-state index in [1.54, 1.807) is 7.05 Å². The van der Waals surface area contributed by atoms with Gasteiger partial charge in [-0.15, -0.1) is 5.10 Å². The van der Waals surface area contributed by atoms with Crippen molar-refractivity contribution < 1.29 is 9.63 Å². The Morgan fingerprint density at radius 2 is 2.43 bits per heavy atom. The van der Waals surface area contributed by atoms with Gasteiger partial charge >= 0.3 is 0 Å². The first kappa shape index (κ1) is 9.60. The topological polar surface area (TPSA) is 60.2 Å². The molecule has 0 aromatic carbocycles. The SMILES string of the molecule is Cn1nnc(Br)c1C(=O)N1CCCO1. The van der Waals surface area contributed by atoms with Gasteiger partial charge in [-0.2, -0.15) is 0 Å². The van der Waals surface area contributed by atoms with Crippen LogP contribution in [0.25, 0.3) is 0 Å². The van der Waals surface area contributed by atoms with Crippen molar-refractivity contribution in [3.05, 3.63) is 10.3 Å². The molecule has 1 aromatic heterocycles. The van der Waals surface area contributed by atoms with Gasteiger partial charge in [0.2, 0.25) is 0 Å². The lowest BCUT2D eigenvalue weighted by molar-refractivity contribution is -0.0775. The van der Waals surface area contributed by atoms with Crippen LogP contribution in [0.15, 0.2) is 4.60 Å². The summed E-state index contributed by atoms with van der Waals surface area (Å²) >= 11 is 3.17. The average molecular weight is 261 g/mol. The van der Waals surface area contributed by atoms with Gasteiger partial charge in [-0.05, 0) is 22.4 Å². The van der Waals surface area contributed by atoms with Gasteiger partial charge in [0.15, 0.2) is 10.3 Å². The minimum absolute atomic E-state index is 0.207. The van der Waals surface area contributed by atoms with Crippen molar-refractivity contribution in [3.8, 4) is 0 Å². The van der Waals surface area contributed by atoms with Gasteiger partial charge in [0.25, 0.3) is 5.91 Å². The molecule has 2 rings (SSSR count). The highest BCUT2D eigenvalue weighted by Gasteiger charge is 2.26. The van der Waals surface area contributed by atoms with Crippen LogP contribution in [-0.2, 0) is 11.9 Å². The zero-order chi connectivity index (χ0) is 10.1. The summed E-state index contributed by atoms with van der Waals surface area (Å²) in [6.07, 6.45) is 0.870. The average Bonchev–Trinajstić information content (AvgIpc) is 2.75. The molecule has 0 aliphatic carbocycles. The van der Waals surface area contributed by atoms with Crippen molar-refractivity contribution in [2.24, 2.45) is 7.05 Å². The second kappa shape index (κ2) is 3.66. The molecule has 0 spiro atoms. The van der Waals surface area contributed by atoms with E-state index < -0.39 is 0 Å². The van der Waals surface area contributed by atoms with E-state index in [1.165, 1.54) is 9.75 Å². The molecule has 0 atom stereocenters. The summed E-state index contributed by atoms with van der Waals surface area (Å²) in [5, 5.41) is 8.80. The second-order valence-corrected chi connectivity index (χ2v) is 3.70. The van der Waals surface area contributed by atoms with E-state index in [0.29, 0.717) is 23.4 Å². The zero-order valence-corrected chi connectivity index (χ0v) is 9.19. The summed E-state index contributed by atoms with van der Waals surface area (Å²) in [5.41, 5.74) is 0.409. The van der Waals surface area contributed by atoms with Gasteiger partial charge in [-0.25, -0.2) is 9.75 Å². The molecule has 0 N–H and O–H groups in total. The van der Waals surface area contributed by atoms with Gasteiger partial charge in [-0.1, -0.05) is 5.21 Å². The maximum absolute atomic E-state index is 11.8. The maximum atomic E-state index is 11.8. The van der Waals surface area contributed by atoms with Crippen LogP contribution in [0.1, 0.15) is 16.9 Å². The molecule has 1 fully saturated rings. The van der Waals surface area contributed by atoms with Gasteiger partial charge in [-0.3, -0.25) is 9.63 Å². The lowest BCUT2D eigenvalue weighted by Crippen LogP contribution is -2.28. The fourth-order valence-electron chi connectivity index (χ4n) is 1.28. The van der Waals surface area contributed by atoms with Crippen LogP contribution in [0.2, 0.25) is 0 Å². The summed E-state index contributed by atoms with van der Waals surface area (Å²) in [5.74, 6) is -0.207. The molecular weight excluding hydrogens is 252 g/mol. The maximum Gasteiger partial charge on any atom is 0.298 e. The number of rotatable bonds is 1. The Labute approximate surface area is 88.9 Å². The van der Waals surface area contributed by atoms with E-state index in [2.05, 4.69) is 26.2 Å². The van der Waals surface area contributed by atoms with Gasteiger partial charge in [0, 0.05) is 7.05 Å². The zero-order valence-electron chi connectivity index (χ0n) is 7.60. The molecule has 2 heterocycles. The highest BCUT2D eigenvalue weighted by Crippen LogP contribution is 2.16. The van der Waals surface area contributed by atoms with Crippen LogP contribution in [-0.4, -0.2) is 39.1 Å². The molecule has 1 aliphatic rings. The second-order valence-electron chi connectivity index (χ2n) is 2.95. The quantitative estimate of drug-likeness (QED) is 0.732. The minimum atomic E-state index is -0.207. The number of hydroxylamine groups is 2. The fourth-order valence-corrected chi connectivity index (χ4v) is 1.78. The Morgan fingerprint density at radius 1 is 1.64 bits per heavy atom. The predicted molar refractivity (Wildman–Crippen MR) is 50.3 cm³/mol. The monoisotopic (exact) mass is 260 g/mol. The number of nitrogens with zero attached hydrogens (tertiary/aromatic N) is 4. The molecule has 14 heavy (non-hydrogen) atoms. The van der Waals surface area contributed by atoms with E-state index in [1.807, 2.05) is 0 Å². The van der Waals surface area contributed by atoms with Gasteiger partial charge in [0.05, 0.1) is 13.2 Å². The van der Waals surface area contributed by atoms with Crippen LogP contribution in [0.4, 0.5) is 0 Å². The third-order valence-corrected chi connectivity index (χ3v) is 2.50. The van der Waals surface area contributed by atoms with E-state index in [9.17, 15) is 4.79 Å². The van der Waals surface area contributed by atoms with Crippen molar-refractivity contribution in [3.63, 3.8) is 0 Å². The third kappa shape index (κ3) is 1.53.